The molecule has 0 radical (unpaired) electrons. The van der Waals surface area contributed by atoms with Crippen molar-refractivity contribution in [3.05, 3.63) is 42.5 Å². The van der Waals surface area contributed by atoms with Gasteiger partial charge in [0, 0.05) is 22.4 Å². The molecule has 0 aliphatic rings. The number of carbonyl (C=O) groups is 2. The van der Waals surface area contributed by atoms with Crippen LogP contribution in [0, 0.1) is 0 Å². The van der Waals surface area contributed by atoms with Crippen LogP contribution in [-0.2, 0) is 9.53 Å². The molecule has 23 heavy (non-hydrogen) atoms. The van der Waals surface area contributed by atoms with Gasteiger partial charge >= 0.3 is 12.1 Å². The molecule has 0 bridgehead atoms. The molecule has 0 atom stereocenters. The van der Waals surface area contributed by atoms with Gasteiger partial charge in [-0.2, -0.15) is 0 Å². The Hall–Kier alpha value is -3.02. The predicted octanol–water partition coefficient (Wildman–Crippen LogP) is 3.48. The summed E-state index contributed by atoms with van der Waals surface area (Å²) in [6.07, 6.45) is -0.858. The lowest BCUT2D eigenvalue weighted by atomic mass is 10.1. The molecule has 2 aromatic rings. The maximum atomic E-state index is 11.9. The van der Waals surface area contributed by atoms with E-state index in [-0.39, 0.29) is 22.8 Å². The van der Waals surface area contributed by atoms with Crippen molar-refractivity contribution >= 4 is 22.9 Å². The van der Waals surface area contributed by atoms with Crippen molar-refractivity contribution in [2.75, 3.05) is 14.2 Å². The number of esters is 1. The van der Waals surface area contributed by atoms with E-state index in [9.17, 15) is 9.59 Å². The maximum Gasteiger partial charge on any atom is 0.513 e. The van der Waals surface area contributed by atoms with Crippen LogP contribution in [0.15, 0.2) is 42.5 Å². The molecule has 0 fully saturated rings. The number of hydrogen-bond donors (Lipinski definition) is 0. The molecule has 2 aromatic carbocycles. The van der Waals surface area contributed by atoms with Crippen LogP contribution < -0.4 is 14.2 Å². The second-order valence-corrected chi connectivity index (χ2v) is 4.68. The molecule has 6 nitrogen and oxygen atoms in total. The smallest absolute Gasteiger partial charge is 0.493 e. The van der Waals surface area contributed by atoms with Gasteiger partial charge in [0.1, 0.15) is 5.75 Å². The van der Waals surface area contributed by atoms with Crippen LogP contribution in [0.3, 0.4) is 0 Å². The summed E-state index contributed by atoms with van der Waals surface area (Å²) < 4.78 is 20.2. The minimum Gasteiger partial charge on any atom is -0.493 e. The molecule has 0 N–H and O–H groups in total. The summed E-state index contributed by atoms with van der Waals surface area (Å²) in [4.78, 5) is 23.2. The number of hydrogen-bond acceptors (Lipinski definition) is 6. The summed E-state index contributed by atoms with van der Waals surface area (Å²) in [5.41, 5.74) is 0.256. The first-order chi connectivity index (χ1) is 11.0. The van der Waals surface area contributed by atoms with E-state index in [1.165, 1.54) is 20.3 Å². The number of fused-ring (bicyclic) bond motifs is 1. The molecule has 0 heterocycles. The highest BCUT2D eigenvalue weighted by Crippen LogP contribution is 2.41. The van der Waals surface area contributed by atoms with Crippen LogP contribution in [0.4, 0.5) is 4.79 Å². The molecule has 2 rings (SSSR count). The van der Waals surface area contributed by atoms with Crippen molar-refractivity contribution in [2.24, 2.45) is 0 Å². The minimum absolute atomic E-state index is 0.230. The van der Waals surface area contributed by atoms with Gasteiger partial charge in [-0.25, -0.2) is 9.59 Å². The van der Waals surface area contributed by atoms with Crippen molar-refractivity contribution in [3.63, 3.8) is 0 Å². The largest absolute Gasteiger partial charge is 0.513 e. The highest BCUT2D eigenvalue weighted by Gasteiger charge is 2.19. The molecule has 0 saturated carbocycles. The fourth-order valence-electron chi connectivity index (χ4n) is 1.94. The molecule has 0 aromatic heterocycles. The van der Waals surface area contributed by atoms with E-state index in [0.717, 1.165) is 0 Å². The molecule has 0 amide bonds. The summed E-state index contributed by atoms with van der Waals surface area (Å²) >= 11 is 0. The van der Waals surface area contributed by atoms with Crippen LogP contribution >= 0.6 is 0 Å². The fraction of sp³-hybridized carbons (Fsp3) is 0.176. The Morgan fingerprint density at radius 2 is 1.65 bits per heavy atom. The van der Waals surface area contributed by atoms with Crippen LogP contribution in [0.5, 0.6) is 17.2 Å². The average molecular weight is 316 g/mol. The first-order valence-electron chi connectivity index (χ1n) is 6.71. The number of methoxy groups -OCH3 is 2. The lowest BCUT2D eigenvalue weighted by Gasteiger charge is -2.15. The Balaban J connectivity index is 2.63. The maximum absolute atomic E-state index is 11.9. The summed E-state index contributed by atoms with van der Waals surface area (Å²) in [5, 5.41) is 1.13. The molecular weight excluding hydrogens is 300 g/mol. The predicted molar refractivity (Wildman–Crippen MR) is 84.0 cm³/mol. The Kier molecular flexibility index (Phi) is 4.85. The van der Waals surface area contributed by atoms with Crippen LogP contribution in [0.2, 0.25) is 0 Å². The molecule has 120 valence electrons. The monoisotopic (exact) mass is 316 g/mol. The zero-order valence-electron chi connectivity index (χ0n) is 13.0. The molecule has 6 heteroatoms. The van der Waals surface area contributed by atoms with Crippen LogP contribution in [-0.4, -0.2) is 26.3 Å². The molecule has 0 aliphatic heterocycles. The first-order valence-corrected chi connectivity index (χ1v) is 6.71. The van der Waals surface area contributed by atoms with Crippen molar-refractivity contribution in [1.29, 1.82) is 0 Å². The lowest BCUT2D eigenvalue weighted by Crippen LogP contribution is -2.11. The summed E-state index contributed by atoms with van der Waals surface area (Å²) in [7, 11) is 2.63. The Labute approximate surface area is 133 Å². The van der Waals surface area contributed by atoms with Crippen molar-refractivity contribution in [3.8, 4) is 17.2 Å². The van der Waals surface area contributed by atoms with E-state index in [2.05, 4.69) is 11.3 Å². The Morgan fingerprint density at radius 3 is 2.22 bits per heavy atom. The van der Waals surface area contributed by atoms with E-state index < -0.39 is 12.1 Å². The second-order valence-electron chi connectivity index (χ2n) is 4.68. The van der Waals surface area contributed by atoms with E-state index in [1.54, 1.807) is 31.2 Å². The standard InChI is InChI=1S/C17H16O6/c1-10(2)16(18)23-15-12-8-6-5-7-11(12)13(9-14(15)20-3)22-17(19)21-4/h5-9H,1H2,2-4H3. The van der Waals surface area contributed by atoms with Crippen molar-refractivity contribution in [1.82, 2.24) is 0 Å². The summed E-state index contributed by atoms with van der Waals surface area (Å²) in [5.74, 6) is 0.139. The number of carbonyl (C=O) groups excluding carboxylic acids is 2. The zero-order chi connectivity index (χ0) is 17.0. The summed E-state index contributed by atoms with van der Waals surface area (Å²) in [6, 6.07) is 8.44. The van der Waals surface area contributed by atoms with Gasteiger partial charge < -0.3 is 18.9 Å². The SMILES string of the molecule is C=C(C)C(=O)Oc1c(OC)cc(OC(=O)OC)c2ccccc12. The third-order valence-electron chi connectivity index (χ3n) is 3.05. The van der Waals surface area contributed by atoms with Gasteiger partial charge in [-0.3, -0.25) is 0 Å². The normalized spacial score (nSPS) is 10.0. The van der Waals surface area contributed by atoms with Crippen molar-refractivity contribution < 1.29 is 28.5 Å². The number of ether oxygens (including phenoxy) is 4. The average Bonchev–Trinajstić information content (AvgIpc) is 2.56. The van der Waals surface area contributed by atoms with Gasteiger partial charge in [0.15, 0.2) is 11.5 Å². The minimum atomic E-state index is -0.858. The van der Waals surface area contributed by atoms with Gasteiger partial charge in [0.2, 0.25) is 0 Å². The highest BCUT2D eigenvalue weighted by molar-refractivity contribution is 5.99. The van der Waals surface area contributed by atoms with E-state index in [1.807, 2.05) is 0 Å². The highest BCUT2D eigenvalue weighted by atomic mass is 16.7. The quantitative estimate of drug-likeness (QED) is 0.372. The molecule has 0 spiro atoms. The topological polar surface area (TPSA) is 71.1 Å². The van der Waals surface area contributed by atoms with Gasteiger partial charge in [0.25, 0.3) is 0 Å². The molecular formula is C17H16O6. The van der Waals surface area contributed by atoms with E-state index in [0.29, 0.717) is 10.8 Å². The van der Waals surface area contributed by atoms with Crippen molar-refractivity contribution in [2.45, 2.75) is 6.92 Å². The summed E-state index contributed by atoms with van der Waals surface area (Å²) in [6.45, 7) is 5.10. The Morgan fingerprint density at radius 1 is 1.00 bits per heavy atom. The zero-order valence-corrected chi connectivity index (χ0v) is 13.0. The second kappa shape index (κ2) is 6.83. The van der Waals surface area contributed by atoms with E-state index >= 15 is 0 Å². The third-order valence-corrected chi connectivity index (χ3v) is 3.05. The van der Waals surface area contributed by atoms with Gasteiger partial charge in [0.05, 0.1) is 14.2 Å². The molecule has 0 saturated heterocycles. The molecule has 0 aliphatic carbocycles. The van der Waals surface area contributed by atoms with Gasteiger partial charge in [-0.05, 0) is 6.92 Å². The lowest BCUT2D eigenvalue weighted by molar-refractivity contribution is -0.130. The van der Waals surface area contributed by atoms with Gasteiger partial charge in [-0.1, -0.05) is 30.8 Å². The van der Waals surface area contributed by atoms with Gasteiger partial charge in [-0.15, -0.1) is 0 Å². The first kappa shape index (κ1) is 16.4. The molecule has 0 unspecified atom stereocenters. The van der Waals surface area contributed by atoms with Crippen LogP contribution in [0.25, 0.3) is 10.8 Å². The Bertz CT molecular complexity index is 778. The number of benzene rings is 2. The van der Waals surface area contributed by atoms with Crippen LogP contribution in [0.1, 0.15) is 6.92 Å². The van der Waals surface area contributed by atoms with E-state index in [4.69, 9.17) is 14.2 Å². The number of rotatable bonds is 4. The third kappa shape index (κ3) is 3.42. The fourth-order valence-corrected chi connectivity index (χ4v) is 1.94.